The maximum absolute atomic E-state index is 3.53. The minimum atomic E-state index is 1.13. The van der Waals surface area contributed by atoms with Crippen molar-refractivity contribution < 1.29 is 0 Å². The molecule has 15 heavy (non-hydrogen) atoms. The highest BCUT2D eigenvalue weighted by Gasteiger charge is 2.05. The fourth-order valence-electron chi connectivity index (χ4n) is 1.40. The summed E-state index contributed by atoms with van der Waals surface area (Å²) >= 11 is 8.40. The predicted octanol–water partition coefficient (Wildman–Crippen LogP) is 4.43. The Balaban J connectivity index is 2.85. The second-order valence-corrected chi connectivity index (χ2v) is 6.31. The van der Waals surface area contributed by atoms with E-state index in [0.29, 0.717) is 0 Å². The molecular formula is C11H14BrI2N. The molecule has 0 aliphatic rings. The quantitative estimate of drug-likeness (QED) is 0.433. The van der Waals surface area contributed by atoms with Gasteiger partial charge in [-0.15, -0.1) is 0 Å². The standard InChI is InChI=1S/C11H14BrI2N/c1-9-8-10(2-3-11(9)12)15(6-4-13)7-5-14/h2-3,8H,4-7H2,1H3. The molecule has 0 aromatic heterocycles. The smallest absolute Gasteiger partial charge is 0.0370 e. The van der Waals surface area contributed by atoms with Crippen LogP contribution in [0.1, 0.15) is 5.56 Å². The van der Waals surface area contributed by atoms with E-state index in [-0.39, 0.29) is 0 Å². The predicted molar refractivity (Wildman–Crippen MR) is 88.9 cm³/mol. The van der Waals surface area contributed by atoms with Gasteiger partial charge in [0.05, 0.1) is 0 Å². The average Bonchev–Trinajstić information content (AvgIpc) is 2.22. The number of anilines is 1. The van der Waals surface area contributed by atoms with Crippen molar-refractivity contribution in [1.82, 2.24) is 0 Å². The van der Waals surface area contributed by atoms with Crippen LogP contribution in [0.4, 0.5) is 5.69 Å². The minimum Gasteiger partial charge on any atom is -0.370 e. The van der Waals surface area contributed by atoms with E-state index in [2.05, 4.69) is 91.1 Å². The van der Waals surface area contributed by atoms with Crippen LogP contribution in [0.3, 0.4) is 0 Å². The summed E-state index contributed by atoms with van der Waals surface area (Å²) in [7, 11) is 0. The van der Waals surface area contributed by atoms with Crippen molar-refractivity contribution in [2.45, 2.75) is 6.92 Å². The third kappa shape index (κ3) is 4.38. The van der Waals surface area contributed by atoms with Gasteiger partial charge in [-0.25, -0.2) is 0 Å². The molecule has 0 heterocycles. The zero-order valence-electron chi connectivity index (χ0n) is 8.64. The summed E-state index contributed by atoms with van der Waals surface area (Å²) in [5.74, 6) is 0. The first kappa shape index (κ1) is 14.0. The molecule has 0 spiro atoms. The lowest BCUT2D eigenvalue weighted by Gasteiger charge is -2.23. The van der Waals surface area contributed by atoms with Crippen LogP contribution in [0.15, 0.2) is 22.7 Å². The largest absolute Gasteiger partial charge is 0.370 e. The highest BCUT2D eigenvalue weighted by molar-refractivity contribution is 14.1. The molecular weight excluding hydrogens is 480 g/mol. The molecule has 0 aliphatic carbocycles. The first-order valence-electron chi connectivity index (χ1n) is 4.82. The molecule has 1 aromatic carbocycles. The van der Waals surface area contributed by atoms with Gasteiger partial charge in [0, 0.05) is 32.1 Å². The third-order valence-corrected chi connectivity index (χ3v) is 4.07. The van der Waals surface area contributed by atoms with Crippen LogP contribution in [0.5, 0.6) is 0 Å². The lowest BCUT2D eigenvalue weighted by atomic mass is 10.2. The van der Waals surface area contributed by atoms with E-state index >= 15 is 0 Å². The highest BCUT2D eigenvalue weighted by atomic mass is 127. The number of halogens is 3. The average molecular weight is 494 g/mol. The number of alkyl halides is 2. The second-order valence-electron chi connectivity index (χ2n) is 3.30. The fraction of sp³-hybridized carbons (Fsp3) is 0.455. The monoisotopic (exact) mass is 493 g/mol. The normalized spacial score (nSPS) is 10.4. The molecule has 84 valence electrons. The third-order valence-electron chi connectivity index (χ3n) is 2.22. The van der Waals surface area contributed by atoms with Gasteiger partial charge in [-0.1, -0.05) is 61.1 Å². The van der Waals surface area contributed by atoms with E-state index in [0.717, 1.165) is 13.1 Å². The van der Waals surface area contributed by atoms with Gasteiger partial charge >= 0.3 is 0 Å². The first-order valence-corrected chi connectivity index (χ1v) is 8.66. The summed E-state index contributed by atoms with van der Waals surface area (Å²) in [5, 5.41) is 0. The molecule has 0 N–H and O–H groups in total. The lowest BCUT2D eigenvalue weighted by molar-refractivity contribution is 0.890. The zero-order chi connectivity index (χ0) is 11.3. The van der Waals surface area contributed by atoms with Crippen LogP contribution in [0.25, 0.3) is 0 Å². The molecule has 4 heteroatoms. The van der Waals surface area contributed by atoms with E-state index < -0.39 is 0 Å². The summed E-state index contributed by atoms with van der Waals surface area (Å²) in [6.45, 7) is 4.40. The van der Waals surface area contributed by atoms with Crippen molar-refractivity contribution >= 4 is 66.8 Å². The molecule has 0 aliphatic heterocycles. The molecule has 0 bridgehead atoms. The van der Waals surface area contributed by atoms with Crippen molar-refractivity contribution in [3.63, 3.8) is 0 Å². The molecule has 1 rings (SSSR count). The van der Waals surface area contributed by atoms with E-state index in [4.69, 9.17) is 0 Å². The van der Waals surface area contributed by atoms with Crippen molar-refractivity contribution in [2.24, 2.45) is 0 Å². The number of rotatable bonds is 5. The summed E-state index contributed by atoms with van der Waals surface area (Å²) in [4.78, 5) is 2.44. The van der Waals surface area contributed by atoms with Gasteiger partial charge in [-0.3, -0.25) is 0 Å². The van der Waals surface area contributed by atoms with Gasteiger partial charge in [-0.2, -0.15) is 0 Å². The van der Waals surface area contributed by atoms with Crippen molar-refractivity contribution in [3.05, 3.63) is 28.2 Å². The summed E-state index contributed by atoms with van der Waals surface area (Å²) in [6, 6.07) is 6.58. The molecule has 0 saturated heterocycles. The van der Waals surface area contributed by atoms with Gasteiger partial charge in [0.1, 0.15) is 0 Å². The summed E-state index contributed by atoms with van der Waals surface area (Å²) < 4.78 is 3.53. The van der Waals surface area contributed by atoms with Gasteiger partial charge in [0.25, 0.3) is 0 Å². The van der Waals surface area contributed by atoms with E-state index in [1.54, 1.807) is 0 Å². The Labute approximate surface area is 127 Å². The zero-order valence-corrected chi connectivity index (χ0v) is 14.5. The molecule has 1 aromatic rings. The number of hydrogen-bond acceptors (Lipinski definition) is 1. The molecule has 1 nitrogen and oxygen atoms in total. The molecule has 0 atom stereocenters. The number of benzene rings is 1. The Morgan fingerprint density at radius 2 is 1.80 bits per heavy atom. The number of hydrogen-bond donors (Lipinski definition) is 0. The Hall–Kier alpha value is 0.960. The second kappa shape index (κ2) is 7.32. The maximum Gasteiger partial charge on any atom is 0.0370 e. The van der Waals surface area contributed by atoms with Gasteiger partial charge in [0.15, 0.2) is 0 Å². The maximum atomic E-state index is 3.53. The topological polar surface area (TPSA) is 3.24 Å². The van der Waals surface area contributed by atoms with Crippen LogP contribution in [0, 0.1) is 6.92 Å². The Bertz CT molecular complexity index is 311. The molecule has 0 radical (unpaired) electrons. The Morgan fingerprint density at radius 3 is 2.27 bits per heavy atom. The number of aryl methyl sites for hydroxylation is 1. The van der Waals surface area contributed by atoms with E-state index in [9.17, 15) is 0 Å². The van der Waals surface area contributed by atoms with E-state index in [1.165, 1.54) is 24.6 Å². The van der Waals surface area contributed by atoms with E-state index in [1.807, 2.05) is 0 Å². The molecule has 0 unspecified atom stereocenters. The first-order chi connectivity index (χ1) is 7.19. The van der Waals surface area contributed by atoms with Crippen molar-refractivity contribution in [1.29, 1.82) is 0 Å². The highest BCUT2D eigenvalue weighted by Crippen LogP contribution is 2.23. The Morgan fingerprint density at radius 1 is 1.20 bits per heavy atom. The van der Waals surface area contributed by atoms with Crippen LogP contribution < -0.4 is 4.90 Å². The number of nitrogens with zero attached hydrogens (tertiary/aromatic N) is 1. The molecule has 0 fully saturated rings. The summed E-state index contributed by atoms with van der Waals surface area (Å²) in [5.41, 5.74) is 2.64. The lowest BCUT2D eigenvalue weighted by Crippen LogP contribution is -2.27. The molecule has 0 saturated carbocycles. The minimum absolute atomic E-state index is 1.13. The van der Waals surface area contributed by atoms with Crippen LogP contribution in [-0.4, -0.2) is 21.9 Å². The Kier molecular flexibility index (Phi) is 6.84. The van der Waals surface area contributed by atoms with Crippen LogP contribution >= 0.6 is 61.1 Å². The van der Waals surface area contributed by atoms with Crippen LogP contribution in [-0.2, 0) is 0 Å². The van der Waals surface area contributed by atoms with Gasteiger partial charge in [0.2, 0.25) is 0 Å². The SMILES string of the molecule is Cc1cc(N(CCI)CCI)ccc1Br. The fourth-order valence-corrected chi connectivity index (χ4v) is 2.81. The van der Waals surface area contributed by atoms with Gasteiger partial charge < -0.3 is 4.90 Å². The van der Waals surface area contributed by atoms with Crippen LogP contribution in [0.2, 0.25) is 0 Å². The van der Waals surface area contributed by atoms with Crippen molar-refractivity contribution in [3.8, 4) is 0 Å². The van der Waals surface area contributed by atoms with Crippen molar-refractivity contribution in [2.75, 3.05) is 26.8 Å². The molecule has 0 amide bonds. The van der Waals surface area contributed by atoms with Gasteiger partial charge in [-0.05, 0) is 30.7 Å². The summed E-state index contributed by atoms with van der Waals surface area (Å²) in [6.07, 6.45) is 0.